The maximum Gasteiger partial charge on any atom is 0.254 e. The maximum atomic E-state index is 13.0. The molecule has 1 aromatic carbocycles. The van der Waals surface area contributed by atoms with Crippen LogP contribution in [0.4, 0.5) is 4.39 Å². The molecule has 2 aromatic rings. The molecule has 1 N–H and O–H groups in total. The number of rotatable bonds is 6. The highest BCUT2D eigenvalue weighted by atomic mass is 32.2. The normalized spacial score (nSPS) is 16.5. The van der Waals surface area contributed by atoms with E-state index < -0.39 is 15.7 Å². The second kappa shape index (κ2) is 8.86. The average Bonchev–Trinajstić information content (AvgIpc) is 3.22. The van der Waals surface area contributed by atoms with Crippen LogP contribution < -0.4 is 5.32 Å². The summed E-state index contributed by atoms with van der Waals surface area (Å²) in [6.07, 6.45) is 1.99. The number of carbonyl (C=O) groups is 2. The first-order chi connectivity index (χ1) is 14.2. The Morgan fingerprint density at radius 1 is 1.27 bits per heavy atom. The Bertz CT molecular complexity index is 1060. The Morgan fingerprint density at radius 2 is 1.97 bits per heavy atom. The molecule has 8 nitrogen and oxygen atoms in total. The van der Waals surface area contributed by atoms with Crippen molar-refractivity contribution in [3.05, 3.63) is 53.4 Å². The predicted molar refractivity (Wildman–Crippen MR) is 107 cm³/mol. The standard InChI is InChI=1S/C20H23FN4O4S/c1-13-17(20(27)22-2)11-23-19(24-13)14-7-9-25(12-14)18(26)8-10-30(28,29)16-5-3-15(21)4-6-16/h3-6,11,14H,7-10,12H2,1-2H3,(H,22,27)/t14-/m1/s1. The number of nitrogens with zero attached hydrogens (tertiary/aromatic N) is 3. The van der Waals surface area contributed by atoms with Crippen LogP contribution in [0.1, 0.15) is 40.6 Å². The highest BCUT2D eigenvalue weighted by Gasteiger charge is 2.30. The summed E-state index contributed by atoms with van der Waals surface area (Å²) in [6.45, 7) is 2.61. The van der Waals surface area contributed by atoms with E-state index in [-0.39, 0.29) is 34.8 Å². The van der Waals surface area contributed by atoms with Crippen LogP contribution in [0.3, 0.4) is 0 Å². The van der Waals surface area contributed by atoms with Crippen molar-refractivity contribution in [2.75, 3.05) is 25.9 Å². The number of benzene rings is 1. The fourth-order valence-electron chi connectivity index (χ4n) is 3.38. The Morgan fingerprint density at radius 3 is 2.60 bits per heavy atom. The lowest BCUT2D eigenvalue weighted by atomic mass is 10.1. The monoisotopic (exact) mass is 434 g/mol. The second-order valence-electron chi connectivity index (χ2n) is 7.15. The molecule has 0 radical (unpaired) electrons. The van der Waals surface area contributed by atoms with Gasteiger partial charge in [-0.2, -0.15) is 0 Å². The van der Waals surface area contributed by atoms with Gasteiger partial charge in [0.25, 0.3) is 5.91 Å². The van der Waals surface area contributed by atoms with E-state index in [9.17, 15) is 22.4 Å². The van der Waals surface area contributed by atoms with Crippen LogP contribution >= 0.6 is 0 Å². The number of likely N-dealkylation sites (tertiary alicyclic amines) is 1. The number of halogens is 1. The number of aryl methyl sites for hydroxylation is 1. The minimum absolute atomic E-state index is 0.00363. The van der Waals surface area contributed by atoms with E-state index in [1.54, 1.807) is 11.8 Å². The molecule has 0 spiro atoms. The van der Waals surface area contributed by atoms with E-state index in [1.807, 2.05) is 0 Å². The number of hydrogen-bond acceptors (Lipinski definition) is 6. The first-order valence-electron chi connectivity index (χ1n) is 9.53. The van der Waals surface area contributed by atoms with Crippen molar-refractivity contribution in [2.24, 2.45) is 0 Å². The minimum Gasteiger partial charge on any atom is -0.355 e. The molecule has 0 bridgehead atoms. The largest absolute Gasteiger partial charge is 0.355 e. The van der Waals surface area contributed by atoms with E-state index in [4.69, 9.17) is 0 Å². The lowest BCUT2D eigenvalue weighted by molar-refractivity contribution is -0.129. The zero-order valence-electron chi connectivity index (χ0n) is 16.8. The average molecular weight is 434 g/mol. The van der Waals surface area contributed by atoms with Crippen molar-refractivity contribution >= 4 is 21.7 Å². The number of aromatic nitrogens is 2. The third kappa shape index (κ3) is 4.81. The van der Waals surface area contributed by atoms with Gasteiger partial charge in [0.2, 0.25) is 5.91 Å². The fraction of sp³-hybridized carbons (Fsp3) is 0.400. The molecule has 1 aliphatic heterocycles. The predicted octanol–water partition coefficient (Wildman–Crippen LogP) is 1.46. The molecule has 0 aliphatic carbocycles. The van der Waals surface area contributed by atoms with Gasteiger partial charge in [-0.25, -0.2) is 22.8 Å². The van der Waals surface area contributed by atoms with Crippen LogP contribution in [-0.4, -0.2) is 61.0 Å². The van der Waals surface area contributed by atoms with Crippen LogP contribution in [0.15, 0.2) is 35.4 Å². The molecule has 1 saturated heterocycles. The van der Waals surface area contributed by atoms with Crippen molar-refractivity contribution in [3.8, 4) is 0 Å². The Balaban J connectivity index is 1.60. The van der Waals surface area contributed by atoms with Crippen LogP contribution in [0.2, 0.25) is 0 Å². The molecule has 2 amide bonds. The van der Waals surface area contributed by atoms with E-state index in [0.717, 1.165) is 12.1 Å². The van der Waals surface area contributed by atoms with E-state index >= 15 is 0 Å². The summed E-state index contributed by atoms with van der Waals surface area (Å²) >= 11 is 0. The minimum atomic E-state index is -3.67. The van der Waals surface area contributed by atoms with Crippen LogP contribution in [-0.2, 0) is 14.6 Å². The summed E-state index contributed by atoms with van der Waals surface area (Å²) in [7, 11) is -2.13. The highest BCUT2D eigenvalue weighted by molar-refractivity contribution is 7.91. The third-order valence-electron chi connectivity index (χ3n) is 5.13. The van der Waals surface area contributed by atoms with Gasteiger partial charge in [-0.05, 0) is 37.6 Å². The zero-order chi connectivity index (χ0) is 21.9. The van der Waals surface area contributed by atoms with Crippen molar-refractivity contribution < 1.29 is 22.4 Å². The summed E-state index contributed by atoms with van der Waals surface area (Å²) in [4.78, 5) is 34.6. The third-order valence-corrected chi connectivity index (χ3v) is 6.87. The molecule has 3 rings (SSSR count). The fourth-order valence-corrected chi connectivity index (χ4v) is 4.61. The summed E-state index contributed by atoms with van der Waals surface area (Å²) in [5.74, 6) is -0.885. The quantitative estimate of drug-likeness (QED) is 0.690. The molecule has 1 fully saturated rings. The van der Waals surface area contributed by atoms with Gasteiger partial charge in [-0.3, -0.25) is 9.59 Å². The number of hydrogen-bond donors (Lipinski definition) is 1. The van der Waals surface area contributed by atoms with Gasteiger partial charge < -0.3 is 10.2 Å². The highest BCUT2D eigenvalue weighted by Crippen LogP contribution is 2.26. The lowest BCUT2D eigenvalue weighted by Crippen LogP contribution is -2.30. The van der Waals surface area contributed by atoms with Crippen LogP contribution in [0.5, 0.6) is 0 Å². The van der Waals surface area contributed by atoms with E-state index in [1.165, 1.54) is 25.4 Å². The Hall–Kier alpha value is -2.88. The maximum absolute atomic E-state index is 13.0. The van der Waals surface area contributed by atoms with Crippen LogP contribution in [0, 0.1) is 12.7 Å². The van der Waals surface area contributed by atoms with Gasteiger partial charge >= 0.3 is 0 Å². The topological polar surface area (TPSA) is 109 Å². The molecule has 1 aliphatic rings. The lowest BCUT2D eigenvalue weighted by Gasteiger charge is -2.16. The summed E-state index contributed by atoms with van der Waals surface area (Å²) in [5.41, 5.74) is 0.965. The van der Waals surface area contributed by atoms with Crippen LogP contribution in [0.25, 0.3) is 0 Å². The van der Waals surface area contributed by atoms with Crippen molar-refractivity contribution in [1.29, 1.82) is 0 Å². The van der Waals surface area contributed by atoms with Gasteiger partial charge in [0.1, 0.15) is 11.6 Å². The zero-order valence-corrected chi connectivity index (χ0v) is 17.6. The molecule has 2 heterocycles. The number of amides is 2. The van der Waals surface area contributed by atoms with Gasteiger partial charge in [-0.1, -0.05) is 0 Å². The first kappa shape index (κ1) is 21.8. The molecular formula is C20H23FN4O4S. The van der Waals surface area contributed by atoms with Gasteiger partial charge in [0.05, 0.1) is 21.9 Å². The molecule has 0 unspecified atom stereocenters. The molecular weight excluding hydrogens is 411 g/mol. The second-order valence-corrected chi connectivity index (χ2v) is 9.26. The van der Waals surface area contributed by atoms with E-state index in [2.05, 4.69) is 15.3 Å². The summed E-state index contributed by atoms with van der Waals surface area (Å²) in [6, 6.07) is 4.56. The smallest absolute Gasteiger partial charge is 0.254 e. The SMILES string of the molecule is CNC(=O)c1cnc([C@@H]2CCN(C(=O)CCS(=O)(=O)c3ccc(F)cc3)C2)nc1C. The molecule has 0 saturated carbocycles. The molecule has 1 aromatic heterocycles. The first-order valence-corrected chi connectivity index (χ1v) is 11.2. The van der Waals surface area contributed by atoms with Crippen molar-refractivity contribution in [2.45, 2.75) is 30.6 Å². The van der Waals surface area contributed by atoms with Gasteiger partial charge in [-0.15, -0.1) is 0 Å². The van der Waals surface area contributed by atoms with Crippen molar-refractivity contribution in [3.63, 3.8) is 0 Å². The van der Waals surface area contributed by atoms with E-state index in [0.29, 0.717) is 36.6 Å². The molecule has 10 heteroatoms. The van der Waals surface area contributed by atoms with Gasteiger partial charge in [0, 0.05) is 38.7 Å². The van der Waals surface area contributed by atoms with Gasteiger partial charge in [0.15, 0.2) is 9.84 Å². The number of sulfone groups is 1. The number of nitrogens with one attached hydrogen (secondary N) is 1. The Labute approximate surface area is 174 Å². The summed E-state index contributed by atoms with van der Waals surface area (Å²) in [5, 5.41) is 2.53. The number of carbonyl (C=O) groups excluding carboxylic acids is 2. The Kier molecular flexibility index (Phi) is 6.45. The molecule has 30 heavy (non-hydrogen) atoms. The molecule has 1 atom stereocenters. The van der Waals surface area contributed by atoms with Crippen molar-refractivity contribution in [1.82, 2.24) is 20.2 Å². The molecule has 160 valence electrons. The summed E-state index contributed by atoms with van der Waals surface area (Å²) < 4.78 is 37.7.